The van der Waals surface area contributed by atoms with Gasteiger partial charge in [-0.1, -0.05) is 0 Å². The molecule has 1 aromatic heterocycles. The first-order valence-corrected chi connectivity index (χ1v) is 5.66. The molecule has 0 spiro atoms. The van der Waals surface area contributed by atoms with Gasteiger partial charge in [0, 0.05) is 12.1 Å². The lowest BCUT2D eigenvalue weighted by Gasteiger charge is -1.98. The van der Waals surface area contributed by atoms with Crippen molar-refractivity contribution in [3.05, 3.63) is 57.9 Å². The Kier molecular flexibility index (Phi) is 2.86. The summed E-state index contributed by atoms with van der Waals surface area (Å²) in [5.74, 6) is -3.58. The predicted molar refractivity (Wildman–Crippen MR) is 66.0 cm³/mol. The van der Waals surface area contributed by atoms with Gasteiger partial charge in [0.05, 0.1) is 10.5 Å². The average molecular weight is 294 g/mol. The summed E-state index contributed by atoms with van der Waals surface area (Å²) >= 11 is 0. The molecule has 2 aromatic carbocycles. The zero-order valence-electron chi connectivity index (χ0n) is 10.1. The number of hydrogen-bond donors (Lipinski definition) is 0. The summed E-state index contributed by atoms with van der Waals surface area (Å²) in [6, 6.07) is 4.78. The van der Waals surface area contributed by atoms with Crippen LogP contribution in [0.5, 0.6) is 0 Å². The first kappa shape index (κ1) is 13.1. The van der Waals surface area contributed by atoms with E-state index < -0.39 is 28.0 Å². The van der Waals surface area contributed by atoms with Crippen molar-refractivity contribution in [3.63, 3.8) is 0 Å². The second kappa shape index (κ2) is 4.58. The van der Waals surface area contributed by atoms with E-state index in [1.807, 2.05) is 0 Å². The first-order chi connectivity index (χ1) is 9.97. The van der Waals surface area contributed by atoms with Crippen LogP contribution in [0.4, 0.5) is 18.9 Å². The van der Waals surface area contributed by atoms with E-state index in [4.69, 9.17) is 4.42 Å². The van der Waals surface area contributed by atoms with Crippen molar-refractivity contribution in [3.8, 4) is 11.5 Å². The normalized spacial score (nSPS) is 11.0. The lowest BCUT2D eigenvalue weighted by Crippen LogP contribution is -1.91. The highest BCUT2D eigenvalue weighted by Gasteiger charge is 2.19. The maximum absolute atomic E-state index is 13.7. The predicted octanol–water partition coefficient (Wildman–Crippen LogP) is 3.82. The Morgan fingerprint density at radius 1 is 1.10 bits per heavy atom. The van der Waals surface area contributed by atoms with E-state index in [0.29, 0.717) is 0 Å². The van der Waals surface area contributed by atoms with E-state index in [9.17, 15) is 23.3 Å². The molecule has 3 rings (SSSR count). The SMILES string of the molecule is O=[N+]([O-])c1ccc(F)c(-c2nc3ccc(F)c(F)c3o2)c1. The summed E-state index contributed by atoms with van der Waals surface area (Å²) in [6.45, 7) is 0. The van der Waals surface area contributed by atoms with E-state index in [2.05, 4.69) is 4.98 Å². The summed E-state index contributed by atoms with van der Waals surface area (Å²) in [5, 5.41) is 10.7. The zero-order chi connectivity index (χ0) is 15.1. The van der Waals surface area contributed by atoms with Crippen molar-refractivity contribution >= 4 is 16.8 Å². The molecule has 0 N–H and O–H groups in total. The molecule has 0 atom stereocenters. The number of aromatic nitrogens is 1. The van der Waals surface area contributed by atoms with Crippen LogP contribution in [0.15, 0.2) is 34.7 Å². The molecule has 1 heterocycles. The Bertz CT molecular complexity index is 876. The van der Waals surface area contributed by atoms with Crippen LogP contribution in [-0.2, 0) is 0 Å². The number of halogens is 3. The topological polar surface area (TPSA) is 69.2 Å². The third-order valence-electron chi connectivity index (χ3n) is 2.84. The van der Waals surface area contributed by atoms with E-state index in [-0.39, 0.29) is 22.7 Å². The van der Waals surface area contributed by atoms with Gasteiger partial charge < -0.3 is 4.42 Å². The van der Waals surface area contributed by atoms with Crippen molar-refractivity contribution in [2.24, 2.45) is 0 Å². The lowest BCUT2D eigenvalue weighted by molar-refractivity contribution is -0.384. The molecule has 3 aromatic rings. The number of oxazole rings is 1. The summed E-state index contributed by atoms with van der Waals surface area (Å²) in [6.07, 6.45) is 0. The third kappa shape index (κ3) is 2.10. The number of fused-ring (bicyclic) bond motifs is 1. The Balaban J connectivity index is 2.23. The van der Waals surface area contributed by atoms with Gasteiger partial charge >= 0.3 is 0 Å². The van der Waals surface area contributed by atoms with Crippen molar-refractivity contribution in [2.75, 3.05) is 0 Å². The fraction of sp³-hybridized carbons (Fsp3) is 0. The van der Waals surface area contributed by atoms with E-state index in [1.165, 1.54) is 0 Å². The Hall–Kier alpha value is -2.90. The summed E-state index contributed by atoms with van der Waals surface area (Å²) in [5.41, 5.74) is -1.17. The Morgan fingerprint density at radius 3 is 2.52 bits per heavy atom. The molecular weight excluding hydrogens is 289 g/mol. The monoisotopic (exact) mass is 294 g/mol. The van der Waals surface area contributed by atoms with Gasteiger partial charge in [-0.2, -0.15) is 4.39 Å². The number of non-ortho nitro benzene ring substituents is 1. The highest BCUT2D eigenvalue weighted by molar-refractivity contribution is 5.77. The molecule has 0 saturated heterocycles. The average Bonchev–Trinajstić information content (AvgIpc) is 2.88. The maximum Gasteiger partial charge on any atom is 0.270 e. The number of nitrogens with zero attached hydrogens (tertiary/aromatic N) is 2. The molecule has 0 aliphatic heterocycles. The van der Waals surface area contributed by atoms with E-state index in [0.717, 1.165) is 30.3 Å². The van der Waals surface area contributed by atoms with Crippen LogP contribution in [0.1, 0.15) is 0 Å². The van der Waals surface area contributed by atoms with Crippen LogP contribution in [0.25, 0.3) is 22.6 Å². The van der Waals surface area contributed by atoms with Crippen molar-refractivity contribution in [2.45, 2.75) is 0 Å². The van der Waals surface area contributed by atoms with Gasteiger partial charge in [0.1, 0.15) is 11.3 Å². The second-order valence-corrected chi connectivity index (χ2v) is 4.15. The van der Waals surface area contributed by atoms with Crippen LogP contribution < -0.4 is 0 Å². The molecule has 0 saturated carbocycles. The number of nitro groups is 1. The minimum atomic E-state index is -1.25. The zero-order valence-corrected chi connectivity index (χ0v) is 10.1. The third-order valence-corrected chi connectivity index (χ3v) is 2.84. The van der Waals surface area contributed by atoms with Crippen molar-refractivity contribution < 1.29 is 22.5 Å². The molecule has 21 heavy (non-hydrogen) atoms. The highest BCUT2D eigenvalue weighted by Crippen LogP contribution is 2.30. The van der Waals surface area contributed by atoms with Crippen LogP contribution in [0.2, 0.25) is 0 Å². The molecule has 0 aliphatic carbocycles. The van der Waals surface area contributed by atoms with E-state index >= 15 is 0 Å². The summed E-state index contributed by atoms with van der Waals surface area (Å²) < 4.78 is 45.3. The Morgan fingerprint density at radius 2 is 1.81 bits per heavy atom. The molecule has 8 heteroatoms. The van der Waals surface area contributed by atoms with Crippen LogP contribution >= 0.6 is 0 Å². The highest BCUT2D eigenvalue weighted by atomic mass is 19.2. The molecule has 5 nitrogen and oxygen atoms in total. The van der Waals surface area contributed by atoms with Gasteiger partial charge in [0.2, 0.25) is 11.7 Å². The van der Waals surface area contributed by atoms with Crippen LogP contribution in [-0.4, -0.2) is 9.91 Å². The van der Waals surface area contributed by atoms with Gasteiger partial charge in [0.15, 0.2) is 11.4 Å². The molecule has 106 valence electrons. The maximum atomic E-state index is 13.7. The summed E-state index contributed by atoms with van der Waals surface area (Å²) in [4.78, 5) is 13.8. The van der Waals surface area contributed by atoms with Crippen LogP contribution in [0.3, 0.4) is 0 Å². The molecule has 0 aliphatic rings. The number of hydrogen-bond acceptors (Lipinski definition) is 4. The largest absolute Gasteiger partial charge is 0.433 e. The van der Waals surface area contributed by atoms with Gasteiger partial charge in [-0.3, -0.25) is 10.1 Å². The Labute approximate surface area is 114 Å². The molecular formula is C13H5F3N2O3. The molecule has 0 radical (unpaired) electrons. The van der Waals surface area contributed by atoms with Gasteiger partial charge in [0.25, 0.3) is 5.69 Å². The van der Waals surface area contributed by atoms with Gasteiger partial charge in [-0.15, -0.1) is 0 Å². The number of nitro benzene ring substituents is 1. The fourth-order valence-corrected chi connectivity index (χ4v) is 1.84. The molecule has 0 fully saturated rings. The first-order valence-electron chi connectivity index (χ1n) is 5.66. The molecule has 0 bridgehead atoms. The standard InChI is InChI=1S/C13H5F3N2O3/c14-8-2-1-6(18(19)20)5-7(8)13-17-10-4-3-9(15)11(16)12(10)21-13/h1-5H. The van der Waals surface area contributed by atoms with Gasteiger partial charge in [-0.25, -0.2) is 13.8 Å². The van der Waals surface area contributed by atoms with Crippen LogP contribution in [0, 0.1) is 27.6 Å². The quantitative estimate of drug-likeness (QED) is 0.532. The van der Waals surface area contributed by atoms with Crippen molar-refractivity contribution in [1.29, 1.82) is 0 Å². The minimum absolute atomic E-state index is 0.0187. The van der Waals surface area contributed by atoms with Crippen molar-refractivity contribution in [1.82, 2.24) is 4.98 Å². The lowest BCUT2D eigenvalue weighted by atomic mass is 10.2. The second-order valence-electron chi connectivity index (χ2n) is 4.15. The fourth-order valence-electron chi connectivity index (χ4n) is 1.84. The van der Waals surface area contributed by atoms with Gasteiger partial charge in [-0.05, 0) is 18.2 Å². The molecule has 0 amide bonds. The molecule has 0 unspecified atom stereocenters. The number of rotatable bonds is 2. The minimum Gasteiger partial charge on any atom is -0.433 e. The summed E-state index contributed by atoms with van der Waals surface area (Å²) in [7, 11) is 0. The number of benzene rings is 2. The van der Waals surface area contributed by atoms with E-state index in [1.54, 1.807) is 0 Å². The smallest absolute Gasteiger partial charge is 0.270 e.